The van der Waals surface area contributed by atoms with Gasteiger partial charge in [0.25, 0.3) is 0 Å². The number of likely N-dealkylation sites (tertiary alicyclic amines) is 1. The van der Waals surface area contributed by atoms with Gasteiger partial charge in [0.2, 0.25) is 10.0 Å². The Morgan fingerprint density at radius 3 is 2.44 bits per heavy atom. The van der Waals surface area contributed by atoms with Gasteiger partial charge >= 0.3 is 0 Å². The van der Waals surface area contributed by atoms with Crippen molar-refractivity contribution >= 4 is 10.0 Å². The van der Waals surface area contributed by atoms with Gasteiger partial charge in [-0.2, -0.15) is 4.31 Å². The van der Waals surface area contributed by atoms with Gasteiger partial charge in [-0.05, 0) is 59.2 Å². The maximum atomic E-state index is 14.6. The quantitative estimate of drug-likeness (QED) is 0.725. The van der Waals surface area contributed by atoms with Crippen LogP contribution in [0.15, 0.2) is 23.1 Å². The molecule has 2 rings (SSSR count). The molecule has 0 aromatic heterocycles. The van der Waals surface area contributed by atoms with Crippen LogP contribution in [0.25, 0.3) is 0 Å². The highest BCUT2D eigenvalue weighted by Crippen LogP contribution is 2.29. The molecule has 0 aliphatic carbocycles. The number of sulfonamides is 1. The maximum Gasteiger partial charge on any atom is 0.246 e. The highest BCUT2D eigenvalue weighted by Gasteiger charge is 2.35. The van der Waals surface area contributed by atoms with Crippen LogP contribution in [0.2, 0.25) is 0 Å². The highest BCUT2D eigenvalue weighted by molar-refractivity contribution is 7.89. The second kappa shape index (κ2) is 8.44. The van der Waals surface area contributed by atoms with Crippen molar-refractivity contribution in [3.8, 4) is 5.75 Å². The monoisotopic (exact) mass is 373 g/mol. The number of methoxy groups -OCH3 is 1. The van der Waals surface area contributed by atoms with E-state index in [9.17, 15) is 12.8 Å². The van der Waals surface area contributed by atoms with Gasteiger partial charge in [0.05, 0.1) is 7.11 Å². The van der Waals surface area contributed by atoms with Crippen LogP contribution in [-0.2, 0) is 10.0 Å². The van der Waals surface area contributed by atoms with Crippen LogP contribution >= 0.6 is 0 Å². The predicted molar refractivity (Wildman–Crippen MR) is 95.9 cm³/mol. The second-order valence-electron chi connectivity index (χ2n) is 6.73. The van der Waals surface area contributed by atoms with E-state index >= 15 is 0 Å². The number of rotatable bonds is 7. The minimum atomic E-state index is -3.94. The number of hydrogen-bond donors (Lipinski definition) is 0. The van der Waals surface area contributed by atoms with E-state index in [1.165, 1.54) is 29.6 Å². The summed E-state index contributed by atoms with van der Waals surface area (Å²) in [5.41, 5.74) is 0. The molecule has 0 amide bonds. The molecular weight excluding hydrogens is 345 g/mol. The molecule has 1 heterocycles. The lowest BCUT2D eigenvalue weighted by Gasteiger charge is -2.37. The molecule has 1 fully saturated rings. The SMILES string of the molecule is COc1cccc(S(=O)(=O)N(CCN(C)C)C2CCN(C)CC2)c1F. The Kier molecular flexibility index (Phi) is 6.79. The van der Waals surface area contributed by atoms with Crippen LogP contribution in [0.4, 0.5) is 4.39 Å². The van der Waals surface area contributed by atoms with Crippen molar-refractivity contribution < 1.29 is 17.5 Å². The molecule has 25 heavy (non-hydrogen) atoms. The zero-order valence-electron chi connectivity index (χ0n) is 15.4. The summed E-state index contributed by atoms with van der Waals surface area (Å²) in [6.07, 6.45) is 1.49. The van der Waals surface area contributed by atoms with Crippen LogP contribution in [-0.4, -0.2) is 83.0 Å². The Labute approximate surface area is 150 Å². The molecule has 0 radical (unpaired) electrons. The van der Waals surface area contributed by atoms with Crippen molar-refractivity contribution in [2.24, 2.45) is 0 Å². The molecule has 1 aliphatic heterocycles. The lowest BCUT2D eigenvalue weighted by molar-refractivity contribution is 0.175. The van der Waals surface area contributed by atoms with Gasteiger partial charge in [0, 0.05) is 19.1 Å². The first-order chi connectivity index (χ1) is 11.8. The molecule has 0 unspecified atom stereocenters. The number of benzene rings is 1. The number of hydrogen-bond acceptors (Lipinski definition) is 5. The summed E-state index contributed by atoms with van der Waals surface area (Å²) in [5, 5.41) is 0. The van der Waals surface area contributed by atoms with E-state index in [4.69, 9.17) is 4.74 Å². The van der Waals surface area contributed by atoms with E-state index in [0.717, 1.165) is 25.9 Å². The van der Waals surface area contributed by atoms with E-state index in [1.54, 1.807) is 0 Å². The fourth-order valence-corrected chi connectivity index (χ4v) is 4.81. The van der Waals surface area contributed by atoms with Gasteiger partial charge in [-0.15, -0.1) is 0 Å². The molecule has 1 saturated heterocycles. The van der Waals surface area contributed by atoms with Crippen molar-refractivity contribution in [2.45, 2.75) is 23.8 Å². The number of ether oxygens (including phenoxy) is 1. The van der Waals surface area contributed by atoms with Crippen LogP contribution in [0.5, 0.6) is 5.75 Å². The molecule has 0 N–H and O–H groups in total. The number of piperidine rings is 1. The molecule has 8 heteroatoms. The molecule has 0 atom stereocenters. The molecule has 0 spiro atoms. The van der Waals surface area contributed by atoms with Crippen molar-refractivity contribution in [3.05, 3.63) is 24.0 Å². The minimum Gasteiger partial charge on any atom is -0.494 e. The van der Waals surface area contributed by atoms with Crippen LogP contribution in [0.1, 0.15) is 12.8 Å². The Balaban J connectivity index is 2.37. The molecule has 0 bridgehead atoms. The number of nitrogens with zero attached hydrogens (tertiary/aromatic N) is 3. The van der Waals surface area contributed by atoms with E-state index in [2.05, 4.69) is 4.90 Å². The first-order valence-electron chi connectivity index (χ1n) is 8.45. The van der Waals surface area contributed by atoms with Gasteiger partial charge in [-0.3, -0.25) is 0 Å². The zero-order chi connectivity index (χ0) is 18.6. The zero-order valence-corrected chi connectivity index (χ0v) is 16.2. The fourth-order valence-electron chi connectivity index (χ4n) is 3.05. The van der Waals surface area contributed by atoms with Crippen molar-refractivity contribution in [3.63, 3.8) is 0 Å². The van der Waals surface area contributed by atoms with Crippen molar-refractivity contribution in [1.29, 1.82) is 0 Å². The molecular formula is C17H28FN3O3S. The summed E-state index contributed by atoms with van der Waals surface area (Å²) in [7, 11) is 3.20. The molecule has 1 aromatic carbocycles. The van der Waals surface area contributed by atoms with Crippen molar-refractivity contribution in [1.82, 2.24) is 14.1 Å². The first-order valence-corrected chi connectivity index (χ1v) is 9.89. The predicted octanol–water partition coefficient (Wildman–Crippen LogP) is 1.48. The Hall–Kier alpha value is -1.22. The first kappa shape index (κ1) is 20.1. The van der Waals surface area contributed by atoms with E-state index in [0.29, 0.717) is 13.1 Å². The summed E-state index contributed by atoms with van der Waals surface area (Å²) in [4.78, 5) is 3.79. The van der Waals surface area contributed by atoms with Crippen LogP contribution in [0, 0.1) is 5.82 Å². The normalized spacial score (nSPS) is 17.4. The highest BCUT2D eigenvalue weighted by atomic mass is 32.2. The van der Waals surface area contributed by atoms with Gasteiger partial charge in [-0.1, -0.05) is 6.07 Å². The lowest BCUT2D eigenvalue weighted by atomic mass is 10.1. The third-order valence-electron chi connectivity index (χ3n) is 4.60. The average Bonchev–Trinajstić information content (AvgIpc) is 2.56. The van der Waals surface area contributed by atoms with Gasteiger partial charge in [0.15, 0.2) is 11.6 Å². The lowest BCUT2D eigenvalue weighted by Crippen LogP contribution is -2.48. The van der Waals surface area contributed by atoms with Gasteiger partial charge in [0.1, 0.15) is 4.90 Å². The Bertz CT molecular complexity index is 674. The summed E-state index contributed by atoms with van der Waals surface area (Å²) in [5.74, 6) is -0.884. The van der Waals surface area contributed by atoms with Crippen molar-refractivity contribution in [2.75, 3.05) is 54.4 Å². The number of likely N-dealkylation sites (N-methyl/N-ethyl adjacent to an activating group) is 1. The van der Waals surface area contributed by atoms with Crippen LogP contribution in [0.3, 0.4) is 0 Å². The molecule has 0 saturated carbocycles. The summed E-state index contributed by atoms with van der Waals surface area (Å²) in [6.45, 7) is 2.58. The second-order valence-corrected chi connectivity index (χ2v) is 8.58. The fraction of sp³-hybridized carbons (Fsp3) is 0.647. The van der Waals surface area contributed by atoms with Crippen LogP contribution < -0.4 is 4.74 Å². The summed E-state index contributed by atoms with van der Waals surface area (Å²) in [6, 6.07) is 4.12. The standard InChI is InChI=1S/C17H28FN3O3S/c1-19(2)12-13-21(14-8-10-20(3)11-9-14)25(22,23)16-7-5-6-15(24-4)17(16)18/h5-7,14H,8-13H2,1-4H3. The van der Waals surface area contributed by atoms with Gasteiger partial charge in [-0.25, -0.2) is 12.8 Å². The molecule has 1 aliphatic rings. The van der Waals surface area contributed by atoms with E-state index < -0.39 is 15.8 Å². The average molecular weight is 373 g/mol. The van der Waals surface area contributed by atoms with E-state index in [-0.39, 0.29) is 16.7 Å². The molecule has 1 aromatic rings. The topological polar surface area (TPSA) is 53.1 Å². The smallest absolute Gasteiger partial charge is 0.246 e. The third kappa shape index (κ3) is 4.69. The maximum absolute atomic E-state index is 14.6. The molecule has 6 nitrogen and oxygen atoms in total. The summed E-state index contributed by atoms with van der Waals surface area (Å²) < 4.78 is 47.4. The minimum absolute atomic E-state index is 0.0583. The largest absolute Gasteiger partial charge is 0.494 e. The number of halogens is 1. The summed E-state index contributed by atoms with van der Waals surface area (Å²) >= 11 is 0. The third-order valence-corrected chi connectivity index (χ3v) is 6.57. The molecule has 142 valence electrons. The Morgan fingerprint density at radius 2 is 1.88 bits per heavy atom. The van der Waals surface area contributed by atoms with Gasteiger partial charge < -0.3 is 14.5 Å². The Morgan fingerprint density at radius 1 is 1.24 bits per heavy atom. The van der Waals surface area contributed by atoms with E-state index in [1.807, 2.05) is 26.0 Å².